The van der Waals surface area contributed by atoms with Crippen LogP contribution in [0.15, 0.2) is 0 Å². The van der Waals surface area contributed by atoms with Crippen molar-refractivity contribution >= 4 is 0 Å². The zero-order valence-corrected chi connectivity index (χ0v) is 10.5. The number of hydrogen-bond donors (Lipinski definition) is 9. The second-order valence-corrected chi connectivity index (χ2v) is 3.06. The minimum absolute atomic E-state index is 0. The Bertz CT molecular complexity index is 100. The Morgan fingerprint density at radius 2 is 0.526 bits per heavy atom. The second kappa shape index (κ2) is 22.8. The average Bonchev–Trinajstić information content (AvgIpc) is 2.45. The molecule has 0 atom stereocenters. The SMILES string of the molecule is O.OCC(O)CO.OCC(O)CO.OCC(O)CO. The van der Waals surface area contributed by atoms with Gasteiger partial charge in [-0.25, -0.2) is 0 Å². The highest BCUT2D eigenvalue weighted by Gasteiger charge is 1.94. The Morgan fingerprint density at radius 3 is 0.526 bits per heavy atom. The summed E-state index contributed by atoms with van der Waals surface area (Å²) in [6, 6.07) is 0. The van der Waals surface area contributed by atoms with Gasteiger partial charge in [0.15, 0.2) is 0 Å². The van der Waals surface area contributed by atoms with Gasteiger partial charge in [0, 0.05) is 0 Å². The maximum Gasteiger partial charge on any atom is 0.100 e. The Kier molecular flexibility index (Phi) is 32.4. The summed E-state index contributed by atoms with van der Waals surface area (Å²) in [5.74, 6) is 0. The molecule has 0 aromatic carbocycles. The lowest BCUT2D eigenvalue weighted by atomic mass is 10.4. The maximum absolute atomic E-state index is 8.17. The third-order valence-electron chi connectivity index (χ3n) is 1.26. The molecule has 10 heteroatoms. The summed E-state index contributed by atoms with van der Waals surface area (Å²) in [6.07, 6.45) is -2.86. The summed E-state index contributed by atoms with van der Waals surface area (Å²) in [4.78, 5) is 0. The molecule has 122 valence electrons. The molecule has 11 N–H and O–H groups in total. The minimum Gasteiger partial charge on any atom is -0.412 e. The first-order valence-electron chi connectivity index (χ1n) is 5.12. The Hall–Kier alpha value is -0.400. The van der Waals surface area contributed by atoms with Gasteiger partial charge in [-0.1, -0.05) is 0 Å². The lowest BCUT2D eigenvalue weighted by Crippen LogP contribution is -2.15. The lowest BCUT2D eigenvalue weighted by molar-refractivity contribution is 0.0450. The topological polar surface area (TPSA) is 214 Å². The number of hydrogen-bond acceptors (Lipinski definition) is 9. The van der Waals surface area contributed by atoms with E-state index in [1.165, 1.54) is 0 Å². The van der Waals surface area contributed by atoms with Crippen LogP contribution in [0.25, 0.3) is 0 Å². The van der Waals surface area contributed by atoms with Crippen molar-refractivity contribution in [3.05, 3.63) is 0 Å². The zero-order chi connectivity index (χ0) is 15.0. The van der Waals surface area contributed by atoms with E-state index in [0.717, 1.165) is 0 Å². The predicted octanol–water partition coefficient (Wildman–Crippen LogP) is -5.83. The molecule has 0 bridgehead atoms. The van der Waals surface area contributed by atoms with E-state index < -0.39 is 18.3 Å². The van der Waals surface area contributed by atoms with Crippen molar-refractivity contribution in [1.82, 2.24) is 0 Å². The number of aliphatic hydroxyl groups excluding tert-OH is 9. The van der Waals surface area contributed by atoms with Crippen molar-refractivity contribution in [2.75, 3.05) is 39.6 Å². The Balaban J connectivity index is -0.0000000865. The molecule has 0 aliphatic carbocycles. The second-order valence-electron chi connectivity index (χ2n) is 3.06. The van der Waals surface area contributed by atoms with E-state index in [-0.39, 0.29) is 45.1 Å². The Morgan fingerprint density at radius 1 is 0.421 bits per heavy atom. The molecule has 0 saturated carbocycles. The van der Waals surface area contributed by atoms with Crippen molar-refractivity contribution in [3.63, 3.8) is 0 Å². The fourth-order valence-electron chi connectivity index (χ4n) is 0.173. The molecule has 0 spiro atoms. The van der Waals surface area contributed by atoms with Crippen molar-refractivity contribution in [1.29, 1.82) is 0 Å². The third kappa shape index (κ3) is 31.8. The van der Waals surface area contributed by atoms with Crippen LogP contribution in [-0.2, 0) is 0 Å². The normalized spacial score (nSPS) is 9.47. The summed E-state index contributed by atoms with van der Waals surface area (Å²) in [5.41, 5.74) is 0. The van der Waals surface area contributed by atoms with E-state index in [9.17, 15) is 0 Å². The fourth-order valence-corrected chi connectivity index (χ4v) is 0.173. The zero-order valence-electron chi connectivity index (χ0n) is 10.5. The molecule has 10 nitrogen and oxygen atoms in total. The standard InChI is InChI=1S/3C3H8O3.H2O/c3*4-1-3(6)2-5;/h3*3-6H,1-2H2;1H2. The van der Waals surface area contributed by atoms with Crippen LogP contribution in [0.3, 0.4) is 0 Å². The molecule has 0 amide bonds. The van der Waals surface area contributed by atoms with E-state index in [2.05, 4.69) is 0 Å². The van der Waals surface area contributed by atoms with E-state index in [1.54, 1.807) is 0 Å². The predicted molar refractivity (Wildman–Crippen MR) is 64.1 cm³/mol. The third-order valence-corrected chi connectivity index (χ3v) is 1.26. The average molecular weight is 294 g/mol. The summed E-state index contributed by atoms with van der Waals surface area (Å²) in [7, 11) is 0. The van der Waals surface area contributed by atoms with Crippen LogP contribution < -0.4 is 0 Å². The first kappa shape index (κ1) is 27.0. The quantitative estimate of drug-likeness (QED) is 0.228. The summed E-state index contributed by atoms with van der Waals surface area (Å²) < 4.78 is 0. The number of rotatable bonds is 6. The van der Waals surface area contributed by atoms with Gasteiger partial charge in [-0.05, 0) is 0 Å². The van der Waals surface area contributed by atoms with Gasteiger partial charge in [0.05, 0.1) is 39.6 Å². The van der Waals surface area contributed by atoms with Gasteiger partial charge in [0.2, 0.25) is 0 Å². The molecule has 0 aromatic heterocycles. The molecule has 0 aliphatic rings. The van der Waals surface area contributed by atoms with Crippen molar-refractivity contribution in [2.45, 2.75) is 18.3 Å². The highest BCUT2D eigenvalue weighted by molar-refractivity contribution is 4.44. The van der Waals surface area contributed by atoms with Crippen LogP contribution in [0.2, 0.25) is 0 Å². The van der Waals surface area contributed by atoms with Gasteiger partial charge in [0.25, 0.3) is 0 Å². The van der Waals surface area contributed by atoms with Gasteiger partial charge in [0.1, 0.15) is 18.3 Å². The van der Waals surface area contributed by atoms with Crippen LogP contribution in [0.4, 0.5) is 0 Å². The molecule has 19 heavy (non-hydrogen) atoms. The van der Waals surface area contributed by atoms with Crippen LogP contribution >= 0.6 is 0 Å². The molecule has 0 saturated heterocycles. The van der Waals surface area contributed by atoms with Gasteiger partial charge < -0.3 is 51.4 Å². The van der Waals surface area contributed by atoms with Crippen LogP contribution in [-0.4, -0.2) is 109 Å². The molecule has 0 rings (SSSR count). The van der Waals surface area contributed by atoms with Gasteiger partial charge in [-0.15, -0.1) is 0 Å². The monoisotopic (exact) mass is 294 g/mol. The van der Waals surface area contributed by atoms with Crippen molar-refractivity contribution in [2.24, 2.45) is 0 Å². The highest BCUT2D eigenvalue weighted by Crippen LogP contribution is 1.72. The number of aliphatic hydroxyl groups is 9. The molecule has 0 heterocycles. The minimum atomic E-state index is -0.954. The highest BCUT2D eigenvalue weighted by atomic mass is 16.4. The van der Waals surface area contributed by atoms with E-state index in [1.807, 2.05) is 0 Å². The van der Waals surface area contributed by atoms with E-state index in [0.29, 0.717) is 0 Å². The molecular weight excluding hydrogens is 268 g/mol. The van der Waals surface area contributed by atoms with Crippen molar-refractivity contribution in [3.8, 4) is 0 Å². The smallest absolute Gasteiger partial charge is 0.100 e. The molecular formula is C9H26O10. The van der Waals surface area contributed by atoms with Gasteiger partial charge >= 0.3 is 0 Å². The van der Waals surface area contributed by atoms with E-state index in [4.69, 9.17) is 46.0 Å². The van der Waals surface area contributed by atoms with Crippen LogP contribution in [0.1, 0.15) is 0 Å². The summed E-state index contributed by atoms with van der Waals surface area (Å²) >= 11 is 0. The van der Waals surface area contributed by atoms with Crippen molar-refractivity contribution < 1.29 is 51.4 Å². The first-order chi connectivity index (χ1) is 8.42. The van der Waals surface area contributed by atoms with Gasteiger partial charge in [-0.2, -0.15) is 0 Å². The van der Waals surface area contributed by atoms with Crippen LogP contribution in [0.5, 0.6) is 0 Å². The maximum atomic E-state index is 8.17. The largest absolute Gasteiger partial charge is 0.412 e. The molecule has 0 aromatic rings. The summed E-state index contributed by atoms with van der Waals surface area (Å²) in [6.45, 7) is -2.19. The fraction of sp³-hybridized carbons (Fsp3) is 1.00. The molecule has 0 radical (unpaired) electrons. The molecule has 0 aliphatic heterocycles. The van der Waals surface area contributed by atoms with E-state index >= 15 is 0 Å². The lowest BCUT2D eigenvalue weighted by Gasteiger charge is -1.96. The Labute approximate surface area is 110 Å². The van der Waals surface area contributed by atoms with Gasteiger partial charge in [-0.3, -0.25) is 0 Å². The molecule has 0 fully saturated rings. The summed E-state index contributed by atoms with van der Waals surface area (Å²) in [5, 5.41) is 72.0. The first-order valence-corrected chi connectivity index (χ1v) is 5.12. The molecule has 0 unspecified atom stereocenters. The van der Waals surface area contributed by atoms with Crippen LogP contribution in [0, 0.1) is 0 Å².